The van der Waals surface area contributed by atoms with E-state index < -0.39 is 0 Å². The maximum atomic E-state index is 13.3. The second-order valence-corrected chi connectivity index (χ2v) is 6.56. The summed E-state index contributed by atoms with van der Waals surface area (Å²) in [6, 6.07) is 6.07. The summed E-state index contributed by atoms with van der Waals surface area (Å²) in [5, 5.41) is 1.82. The van der Waals surface area contributed by atoms with Gasteiger partial charge in [-0.05, 0) is 42.5 Å². The van der Waals surface area contributed by atoms with Crippen LogP contribution in [0.2, 0.25) is 0 Å². The van der Waals surface area contributed by atoms with Gasteiger partial charge >= 0.3 is 0 Å². The monoisotopic (exact) mass is 330 g/mol. The minimum absolute atomic E-state index is 0.0633. The number of benzene rings is 1. The quantitative estimate of drug-likeness (QED) is 0.757. The van der Waals surface area contributed by atoms with Crippen LogP contribution in [0.3, 0.4) is 0 Å². The molecule has 1 atom stereocenters. The lowest BCUT2D eigenvalue weighted by molar-refractivity contribution is 0.0736. The van der Waals surface area contributed by atoms with Crippen LogP contribution in [0.4, 0.5) is 10.1 Å². The van der Waals surface area contributed by atoms with Crippen molar-refractivity contribution in [3.8, 4) is 0 Å². The van der Waals surface area contributed by atoms with Gasteiger partial charge in [-0.15, -0.1) is 11.3 Å². The molecular formula is C16H15FN4OS. The van der Waals surface area contributed by atoms with Gasteiger partial charge in [-0.1, -0.05) is 0 Å². The Bertz CT molecular complexity index is 887. The van der Waals surface area contributed by atoms with E-state index in [-0.39, 0.29) is 17.8 Å². The van der Waals surface area contributed by atoms with E-state index in [9.17, 15) is 9.18 Å². The van der Waals surface area contributed by atoms with Gasteiger partial charge in [0, 0.05) is 6.54 Å². The number of carbonyl (C=O) groups is 1. The molecule has 118 valence electrons. The molecule has 0 saturated carbocycles. The number of H-pyrrole nitrogens is 1. The fraction of sp³-hybridized carbons (Fsp3) is 0.250. The molecule has 0 aliphatic carbocycles. The highest BCUT2D eigenvalue weighted by molar-refractivity contribution is 7.12. The standard InChI is InChI=1S/C16H15FN4OS/c17-9-3-4-11-12(8-9)20-15(19-11)13-2-1-6-21(13)16(22)14-10(18)5-7-23-14/h3-5,7-8,13H,1-2,6,18H2,(H,19,20). The van der Waals surface area contributed by atoms with Crippen LogP contribution in [-0.2, 0) is 0 Å². The normalized spacial score (nSPS) is 18.0. The smallest absolute Gasteiger partial charge is 0.266 e. The molecular weight excluding hydrogens is 315 g/mol. The van der Waals surface area contributed by atoms with Gasteiger partial charge in [-0.25, -0.2) is 9.37 Å². The van der Waals surface area contributed by atoms with Crippen LogP contribution in [0, 0.1) is 5.82 Å². The lowest BCUT2D eigenvalue weighted by atomic mass is 10.2. The maximum absolute atomic E-state index is 13.3. The highest BCUT2D eigenvalue weighted by Gasteiger charge is 2.33. The number of rotatable bonds is 2. The Morgan fingerprint density at radius 1 is 1.43 bits per heavy atom. The maximum Gasteiger partial charge on any atom is 0.266 e. The second kappa shape index (κ2) is 5.34. The molecule has 23 heavy (non-hydrogen) atoms. The third-order valence-corrected chi connectivity index (χ3v) is 5.10. The molecule has 5 nitrogen and oxygen atoms in total. The summed E-state index contributed by atoms with van der Waals surface area (Å²) in [4.78, 5) is 22.8. The van der Waals surface area contributed by atoms with Crippen LogP contribution >= 0.6 is 11.3 Å². The number of likely N-dealkylation sites (tertiary alicyclic amines) is 1. The van der Waals surface area contributed by atoms with Crippen LogP contribution in [0.25, 0.3) is 11.0 Å². The second-order valence-electron chi connectivity index (χ2n) is 5.65. The van der Waals surface area contributed by atoms with Crippen LogP contribution in [-0.4, -0.2) is 27.3 Å². The average Bonchev–Trinajstić information content (AvgIpc) is 3.23. The zero-order valence-electron chi connectivity index (χ0n) is 12.3. The van der Waals surface area contributed by atoms with Gasteiger partial charge in [0.15, 0.2) is 0 Å². The molecule has 1 aliphatic heterocycles. The first-order chi connectivity index (χ1) is 11.1. The Hall–Kier alpha value is -2.41. The molecule has 1 aliphatic rings. The van der Waals surface area contributed by atoms with Crippen molar-refractivity contribution in [2.24, 2.45) is 0 Å². The molecule has 3 N–H and O–H groups in total. The van der Waals surface area contributed by atoms with Crippen LogP contribution in [0.5, 0.6) is 0 Å². The molecule has 7 heteroatoms. The van der Waals surface area contributed by atoms with Crippen molar-refractivity contribution in [1.29, 1.82) is 0 Å². The van der Waals surface area contributed by atoms with Crippen molar-refractivity contribution in [1.82, 2.24) is 14.9 Å². The van der Waals surface area contributed by atoms with Gasteiger partial charge < -0.3 is 15.6 Å². The molecule has 1 fully saturated rings. The Labute approximate surface area is 135 Å². The number of nitrogens with zero attached hydrogens (tertiary/aromatic N) is 2. The minimum atomic E-state index is -0.307. The predicted octanol–water partition coefficient (Wildman–Crippen LogP) is 3.32. The Morgan fingerprint density at radius 3 is 3.09 bits per heavy atom. The Morgan fingerprint density at radius 2 is 2.30 bits per heavy atom. The zero-order valence-corrected chi connectivity index (χ0v) is 13.1. The van der Waals surface area contributed by atoms with Crippen molar-refractivity contribution in [2.75, 3.05) is 12.3 Å². The van der Waals surface area contributed by atoms with Gasteiger partial charge in [-0.3, -0.25) is 4.79 Å². The molecule has 0 bridgehead atoms. The van der Waals surface area contributed by atoms with Crippen molar-refractivity contribution in [3.05, 3.63) is 46.2 Å². The van der Waals surface area contributed by atoms with Crippen molar-refractivity contribution < 1.29 is 9.18 Å². The number of carbonyl (C=O) groups excluding carboxylic acids is 1. The minimum Gasteiger partial charge on any atom is -0.397 e. The first-order valence-electron chi connectivity index (χ1n) is 7.42. The number of halogens is 1. The number of amides is 1. The molecule has 1 unspecified atom stereocenters. The number of anilines is 1. The van der Waals surface area contributed by atoms with E-state index in [1.807, 2.05) is 5.38 Å². The van der Waals surface area contributed by atoms with Crippen LogP contribution in [0.1, 0.15) is 34.4 Å². The number of imidazole rings is 1. The molecule has 1 saturated heterocycles. The van der Waals surface area contributed by atoms with Crippen molar-refractivity contribution in [2.45, 2.75) is 18.9 Å². The van der Waals surface area contributed by atoms with E-state index >= 15 is 0 Å². The highest BCUT2D eigenvalue weighted by Crippen LogP contribution is 2.34. The Balaban J connectivity index is 1.69. The number of aromatic nitrogens is 2. The molecule has 4 rings (SSSR count). The molecule has 3 aromatic rings. The number of nitrogens with two attached hydrogens (primary N) is 1. The highest BCUT2D eigenvalue weighted by atomic mass is 32.1. The molecule has 1 amide bonds. The van der Waals surface area contributed by atoms with E-state index in [0.29, 0.717) is 34.0 Å². The van der Waals surface area contributed by atoms with E-state index in [0.717, 1.165) is 12.8 Å². The number of aromatic amines is 1. The summed E-state index contributed by atoms with van der Waals surface area (Å²) < 4.78 is 13.3. The first-order valence-corrected chi connectivity index (χ1v) is 8.30. The van der Waals surface area contributed by atoms with Crippen LogP contribution < -0.4 is 5.73 Å². The van der Waals surface area contributed by atoms with Gasteiger partial charge in [0.1, 0.15) is 16.5 Å². The summed E-state index contributed by atoms with van der Waals surface area (Å²) >= 11 is 1.35. The lowest BCUT2D eigenvalue weighted by Crippen LogP contribution is -2.31. The van der Waals surface area contributed by atoms with Gasteiger partial charge in [0.05, 0.1) is 22.8 Å². The van der Waals surface area contributed by atoms with Gasteiger partial charge in [0.2, 0.25) is 0 Å². The van der Waals surface area contributed by atoms with Crippen LogP contribution in [0.15, 0.2) is 29.6 Å². The zero-order chi connectivity index (χ0) is 16.0. The lowest BCUT2D eigenvalue weighted by Gasteiger charge is -2.22. The van der Waals surface area contributed by atoms with Gasteiger partial charge in [-0.2, -0.15) is 0 Å². The van der Waals surface area contributed by atoms with E-state index in [2.05, 4.69) is 9.97 Å². The van der Waals surface area contributed by atoms with E-state index in [1.165, 1.54) is 23.5 Å². The van der Waals surface area contributed by atoms with Crippen molar-refractivity contribution >= 4 is 34.0 Å². The third kappa shape index (κ3) is 2.37. The molecule has 0 radical (unpaired) electrons. The SMILES string of the molecule is Nc1ccsc1C(=O)N1CCCC1c1nc2ccc(F)cc2[nH]1. The molecule has 0 spiro atoms. The first kappa shape index (κ1) is 14.2. The number of nitrogen functional groups attached to an aromatic ring is 1. The summed E-state index contributed by atoms with van der Waals surface area (Å²) in [6.07, 6.45) is 1.74. The fourth-order valence-electron chi connectivity index (χ4n) is 3.08. The Kier molecular flexibility index (Phi) is 3.30. The summed E-state index contributed by atoms with van der Waals surface area (Å²) in [7, 11) is 0. The number of nitrogens with one attached hydrogen (secondary N) is 1. The fourth-order valence-corrected chi connectivity index (χ4v) is 3.85. The van der Waals surface area contributed by atoms with Gasteiger partial charge in [0.25, 0.3) is 5.91 Å². The predicted molar refractivity (Wildman–Crippen MR) is 87.8 cm³/mol. The molecule has 1 aromatic carbocycles. The summed E-state index contributed by atoms with van der Waals surface area (Å²) in [5.41, 5.74) is 7.73. The van der Waals surface area contributed by atoms with E-state index in [1.54, 1.807) is 17.0 Å². The molecule has 2 aromatic heterocycles. The largest absolute Gasteiger partial charge is 0.397 e. The molecule has 3 heterocycles. The number of fused-ring (bicyclic) bond motifs is 1. The topological polar surface area (TPSA) is 75.0 Å². The summed E-state index contributed by atoms with van der Waals surface area (Å²) in [6.45, 7) is 0.673. The summed E-state index contributed by atoms with van der Waals surface area (Å²) in [5.74, 6) is 0.330. The third-order valence-electron chi connectivity index (χ3n) is 4.18. The number of hydrogen-bond acceptors (Lipinski definition) is 4. The number of thiophene rings is 1. The van der Waals surface area contributed by atoms with E-state index in [4.69, 9.17) is 5.73 Å². The van der Waals surface area contributed by atoms with Crippen molar-refractivity contribution in [3.63, 3.8) is 0 Å². The number of hydrogen-bond donors (Lipinski definition) is 2. The average molecular weight is 330 g/mol.